The third-order valence-electron chi connectivity index (χ3n) is 2.66. The second-order valence-electron chi connectivity index (χ2n) is 6.15. The van der Waals surface area contributed by atoms with Crippen molar-refractivity contribution in [2.75, 3.05) is 26.2 Å². The first-order chi connectivity index (χ1) is 10.0. The van der Waals surface area contributed by atoms with Crippen LogP contribution in [0.25, 0.3) is 0 Å². The number of halogens is 1. The first-order valence-corrected chi connectivity index (χ1v) is 13.1. The highest BCUT2D eigenvalue weighted by Crippen LogP contribution is 2.77. The molecule has 0 aromatic rings. The van der Waals surface area contributed by atoms with Gasteiger partial charge in [-0.2, -0.15) is 8.42 Å². The second kappa shape index (κ2) is 8.07. The zero-order valence-electron chi connectivity index (χ0n) is 14.6. The van der Waals surface area contributed by atoms with E-state index in [2.05, 4.69) is 4.18 Å². The van der Waals surface area contributed by atoms with Gasteiger partial charge in [-0.1, -0.05) is 0 Å². The fraction of sp³-hybridized carbons (Fsp3) is 1.00. The highest BCUT2D eigenvalue weighted by molar-refractivity contribution is 7.86. The third kappa shape index (κ3) is 6.92. The van der Waals surface area contributed by atoms with Crippen LogP contribution in [-0.2, 0) is 32.5 Å². The maximum absolute atomic E-state index is 15.6. The lowest BCUT2D eigenvalue weighted by molar-refractivity contribution is 0.107. The fourth-order valence-electron chi connectivity index (χ4n) is 1.77. The van der Waals surface area contributed by atoms with E-state index < -0.39 is 55.2 Å². The van der Waals surface area contributed by atoms with E-state index in [0.717, 1.165) is 19.6 Å². The highest BCUT2D eigenvalue weighted by atomic mass is 32.2. The Morgan fingerprint density at radius 1 is 1.04 bits per heavy atom. The molecule has 0 aromatic heterocycles. The minimum Gasteiger partial charge on any atom is -0.320 e. The van der Waals surface area contributed by atoms with Gasteiger partial charge in [-0.15, -0.1) is 0 Å². The minimum atomic E-state index is -4.46. The van der Waals surface area contributed by atoms with Crippen LogP contribution >= 0.6 is 14.7 Å². The molecular formula is C12H27FO7P2S. The summed E-state index contributed by atoms with van der Waals surface area (Å²) in [6.45, 7) is 7.79. The van der Waals surface area contributed by atoms with Crippen LogP contribution in [0.2, 0.25) is 0 Å². The molecule has 1 atom stereocenters. The van der Waals surface area contributed by atoms with Crippen molar-refractivity contribution in [2.45, 2.75) is 51.5 Å². The van der Waals surface area contributed by atoms with E-state index >= 15 is 4.39 Å². The summed E-state index contributed by atoms with van der Waals surface area (Å²) < 4.78 is 78.1. The summed E-state index contributed by atoms with van der Waals surface area (Å²) in [4.78, 5) is 0. The maximum Gasteiger partial charge on any atom is 0.375 e. The van der Waals surface area contributed by atoms with Crippen LogP contribution in [0.3, 0.4) is 0 Å². The quantitative estimate of drug-likeness (QED) is 0.411. The summed E-state index contributed by atoms with van der Waals surface area (Å²) >= 11 is 0. The summed E-state index contributed by atoms with van der Waals surface area (Å²) in [5.41, 5.74) is 0. The summed E-state index contributed by atoms with van der Waals surface area (Å²) in [5, 5.41) is -2.85. The molecule has 23 heavy (non-hydrogen) atoms. The van der Waals surface area contributed by atoms with E-state index in [0.29, 0.717) is 0 Å². The van der Waals surface area contributed by atoms with Crippen molar-refractivity contribution in [1.29, 1.82) is 0 Å². The Morgan fingerprint density at radius 2 is 1.43 bits per heavy atom. The largest absolute Gasteiger partial charge is 0.375 e. The Kier molecular flexibility index (Phi) is 8.14. The zero-order chi connectivity index (χ0) is 18.7. The first-order valence-electron chi connectivity index (χ1n) is 7.09. The molecule has 140 valence electrons. The normalized spacial score (nSPS) is 16.8. The van der Waals surface area contributed by atoms with Gasteiger partial charge in [0.15, 0.2) is 0 Å². The van der Waals surface area contributed by atoms with Crippen molar-refractivity contribution in [3.8, 4) is 0 Å². The predicted octanol–water partition coefficient (Wildman–Crippen LogP) is 3.64. The van der Waals surface area contributed by atoms with Gasteiger partial charge < -0.3 is 13.6 Å². The van der Waals surface area contributed by atoms with E-state index in [4.69, 9.17) is 9.05 Å². The standard InChI is InChI=1S/C12H27FO7P2S/c1-10(2)19-22(15,20-11(3)4)12(13,21(5,6)14)8-9-18-23(7,16)17/h10-11H,8-9H2,1-7H3. The van der Waals surface area contributed by atoms with E-state index in [-0.39, 0.29) is 0 Å². The summed E-state index contributed by atoms with van der Waals surface area (Å²) in [7, 11) is -11.9. The summed E-state index contributed by atoms with van der Waals surface area (Å²) in [6, 6.07) is 0. The fourth-order valence-corrected chi connectivity index (χ4v) is 7.27. The highest BCUT2D eigenvalue weighted by Gasteiger charge is 2.60. The molecule has 0 aromatic carbocycles. The minimum absolute atomic E-state index is 0.617. The molecule has 0 N–H and O–H groups in total. The van der Waals surface area contributed by atoms with Gasteiger partial charge in [-0.05, 0) is 41.0 Å². The van der Waals surface area contributed by atoms with Crippen LogP contribution in [0, 0.1) is 0 Å². The van der Waals surface area contributed by atoms with Gasteiger partial charge >= 0.3 is 7.60 Å². The van der Waals surface area contributed by atoms with Crippen LogP contribution in [0.4, 0.5) is 4.39 Å². The van der Waals surface area contributed by atoms with E-state index in [9.17, 15) is 17.5 Å². The molecule has 0 heterocycles. The lowest BCUT2D eigenvalue weighted by atomic mass is 10.5. The molecule has 0 rings (SSSR count). The molecule has 0 bridgehead atoms. The van der Waals surface area contributed by atoms with Crippen molar-refractivity contribution in [3.05, 3.63) is 0 Å². The lowest BCUT2D eigenvalue weighted by Gasteiger charge is -2.37. The molecular weight excluding hydrogens is 369 g/mol. The molecule has 0 spiro atoms. The molecule has 1 unspecified atom stereocenters. The monoisotopic (exact) mass is 396 g/mol. The molecule has 11 heteroatoms. The van der Waals surface area contributed by atoms with Crippen LogP contribution < -0.4 is 0 Å². The van der Waals surface area contributed by atoms with Gasteiger partial charge in [0.05, 0.1) is 25.1 Å². The maximum atomic E-state index is 15.6. The molecule has 0 saturated carbocycles. The molecule has 0 saturated heterocycles. The van der Waals surface area contributed by atoms with Gasteiger partial charge in [0.25, 0.3) is 15.3 Å². The van der Waals surface area contributed by atoms with Crippen molar-refractivity contribution in [3.63, 3.8) is 0 Å². The van der Waals surface area contributed by atoms with Gasteiger partial charge in [-0.3, -0.25) is 8.75 Å². The molecule has 0 amide bonds. The molecule has 0 fully saturated rings. The van der Waals surface area contributed by atoms with Crippen LogP contribution in [0.1, 0.15) is 34.1 Å². The van der Waals surface area contributed by atoms with Gasteiger partial charge in [0.1, 0.15) is 7.14 Å². The molecule has 0 aliphatic rings. The molecule has 0 aliphatic carbocycles. The van der Waals surface area contributed by atoms with Gasteiger partial charge in [0, 0.05) is 6.42 Å². The second-order valence-corrected chi connectivity index (χ2v) is 13.7. The molecule has 7 nitrogen and oxygen atoms in total. The average molecular weight is 396 g/mol. The number of rotatable bonds is 10. The Hall–Kier alpha value is 0.220. The average Bonchev–Trinajstić information content (AvgIpc) is 2.22. The van der Waals surface area contributed by atoms with E-state index in [1.165, 1.54) is 0 Å². The number of hydrogen-bond acceptors (Lipinski definition) is 7. The lowest BCUT2D eigenvalue weighted by Crippen LogP contribution is -2.30. The molecule has 0 aliphatic heterocycles. The number of alkyl halides is 1. The van der Waals surface area contributed by atoms with Gasteiger partial charge in [-0.25, -0.2) is 4.39 Å². The smallest absolute Gasteiger partial charge is 0.320 e. The van der Waals surface area contributed by atoms with Crippen molar-refractivity contribution >= 4 is 24.9 Å². The van der Waals surface area contributed by atoms with Crippen molar-refractivity contribution in [2.24, 2.45) is 0 Å². The van der Waals surface area contributed by atoms with Crippen LogP contribution in [0.15, 0.2) is 0 Å². The number of hydrogen-bond donors (Lipinski definition) is 0. The SMILES string of the molecule is CC(C)OP(=O)(OC(C)C)C(F)(CCOS(C)(=O)=O)P(C)(C)=O. The Labute approximate surface area is 138 Å². The Bertz CT molecular complexity index is 570. The van der Waals surface area contributed by atoms with E-state index in [1.807, 2.05) is 0 Å². The predicted molar refractivity (Wildman–Crippen MR) is 88.8 cm³/mol. The third-order valence-corrected chi connectivity index (χ3v) is 9.77. The Balaban J connectivity index is 5.78. The van der Waals surface area contributed by atoms with Gasteiger partial charge in [0.2, 0.25) is 0 Å². The first kappa shape index (κ1) is 23.2. The van der Waals surface area contributed by atoms with Crippen LogP contribution in [0.5, 0.6) is 0 Å². The summed E-state index contributed by atoms with van der Waals surface area (Å²) in [5.74, 6) is 0. The van der Waals surface area contributed by atoms with Crippen molar-refractivity contribution < 1.29 is 35.2 Å². The zero-order valence-corrected chi connectivity index (χ0v) is 17.2. The summed E-state index contributed by atoms with van der Waals surface area (Å²) in [6.07, 6.45) is -1.17. The Morgan fingerprint density at radius 3 is 1.70 bits per heavy atom. The van der Waals surface area contributed by atoms with E-state index in [1.54, 1.807) is 27.7 Å². The van der Waals surface area contributed by atoms with Crippen molar-refractivity contribution in [1.82, 2.24) is 0 Å². The van der Waals surface area contributed by atoms with Crippen LogP contribution in [-0.4, -0.2) is 52.0 Å². The molecule has 0 radical (unpaired) electrons. The topological polar surface area (TPSA) is 96.0 Å².